The molecule has 1 saturated carbocycles. The summed E-state index contributed by atoms with van der Waals surface area (Å²) in [5.41, 5.74) is 6.28. The van der Waals surface area contributed by atoms with Crippen molar-refractivity contribution in [2.75, 3.05) is 0 Å². The van der Waals surface area contributed by atoms with E-state index in [0.29, 0.717) is 16.5 Å². The van der Waals surface area contributed by atoms with E-state index in [0.717, 1.165) is 6.42 Å². The molecule has 0 aromatic heterocycles. The Morgan fingerprint density at radius 3 is 2.56 bits per heavy atom. The molecule has 0 aliphatic heterocycles. The SMILES string of the molecule is Cl.N[C@@H](CC1CC1)c1c(F)ccc(Cl)c1Cl. The lowest BCUT2D eigenvalue weighted by molar-refractivity contribution is 0.543. The molecule has 0 radical (unpaired) electrons. The van der Waals surface area contributed by atoms with Crippen molar-refractivity contribution in [3.63, 3.8) is 0 Å². The molecule has 1 aromatic rings. The molecule has 1 nitrogen and oxygen atoms in total. The van der Waals surface area contributed by atoms with Crippen LogP contribution in [0.3, 0.4) is 0 Å². The summed E-state index contributed by atoms with van der Waals surface area (Å²) in [7, 11) is 0. The van der Waals surface area contributed by atoms with Gasteiger partial charge >= 0.3 is 0 Å². The normalized spacial score (nSPS) is 16.8. The lowest BCUT2D eigenvalue weighted by atomic mass is 10.0. The molecule has 0 amide bonds. The van der Waals surface area contributed by atoms with Crippen LogP contribution < -0.4 is 5.73 Å². The lowest BCUT2D eigenvalue weighted by Gasteiger charge is -2.14. The number of halogens is 4. The highest BCUT2D eigenvalue weighted by atomic mass is 35.5. The molecular formula is C11H13Cl3FN. The van der Waals surface area contributed by atoms with Crippen LogP contribution in [-0.4, -0.2) is 0 Å². The largest absolute Gasteiger partial charge is 0.324 e. The highest BCUT2D eigenvalue weighted by molar-refractivity contribution is 6.42. The summed E-state index contributed by atoms with van der Waals surface area (Å²) in [5, 5.41) is 0.615. The second kappa shape index (κ2) is 5.54. The predicted octanol–water partition coefficient (Wildman–Crippen LogP) is 4.35. The van der Waals surface area contributed by atoms with Crippen LogP contribution in [0.1, 0.15) is 30.9 Å². The molecule has 1 atom stereocenters. The smallest absolute Gasteiger partial charge is 0.129 e. The number of benzene rings is 1. The molecule has 0 spiro atoms. The van der Waals surface area contributed by atoms with Gasteiger partial charge < -0.3 is 5.73 Å². The number of hydrogen-bond donors (Lipinski definition) is 1. The quantitative estimate of drug-likeness (QED) is 0.820. The number of rotatable bonds is 3. The van der Waals surface area contributed by atoms with Gasteiger partial charge in [-0.2, -0.15) is 0 Å². The minimum atomic E-state index is -0.363. The van der Waals surface area contributed by atoms with Crippen LogP contribution in [-0.2, 0) is 0 Å². The van der Waals surface area contributed by atoms with E-state index in [2.05, 4.69) is 0 Å². The van der Waals surface area contributed by atoms with E-state index in [9.17, 15) is 4.39 Å². The van der Waals surface area contributed by atoms with Gasteiger partial charge in [0.1, 0.15) is 5.82 Å². The Morgan fingerprint density at radius 2 is 2.00 bits per heavy atom. The summed E-state index contributed by atoms with van der Waals surface area (Å²) in [6, 6.07) is 2.42. The Bertz CT molecular complexity index is 380. The summed E-state index contributed by atoms with van der Waals surface area (Å²) in [6.07, 6.45) is 3.16. The summed E-state index contributed by atoms with van der Waals surface area (Å²) in [4.78, 5) is 0. The van der Waals surface area contributed by atoms with Gasteiger partial charge in [-0.05, 0) is 24.5 Å². The Labute approximate surface area is 111 Å². The van der Waals surface area contributed by atoms with Crippen LogP contribution in [0.15, 0.2) is 12.1 Å². The molecule has 0 unspecified atom stereocenters. The maximum atomic E-state index is 13.5. The second-order valence-corrected chi connectivity index (χ2v) is 4.83. The molecule has 0 saturated heterocycles. The zero-order valence-corrected chi connectivity index (χ0v) is 10.9. The van der Waals surface area contributed by atoms with Crippen molar-refractivity contribution in [1.82, 2.24) is 0 Å². The van der Waals surface area contributed by atoms with Gasteiger partial charge in [0.15, 0.2) is 0 Å². The van der Waals surface area contributed by atoms with E-state index in [1.807, 2.05) is 0 Å². The van der Waals surface area contributed by atoms with Crippen LogP contribution >= 0.6 is 35.6 Å². The van der Waals surface area contributed by atoms with Crippen LogP contribution in [0.25, 0.3) is 0 Å². The maximum Gasteiger partial charge on any atom is 0.129 e. The third-order valence-electron chi connectivity index (χ3n) is 2.73. The number of nitrogens with two attached hydrogens (primary N) is 1. The molecule has 1 fully saturated rings. The maximum absolute atomic E-state index is 13.5. The standard InChI is InChI=1S/C11H12Cl2FN.ClH/c12-7-3-4-8(14)10(11(7)13)9(15)5-6-1-2-6;/h3-4,6,9H,1-2,5,15H2;1H/t9-;/m0./s1. The minimum absolute atomic E-state index is 0. The first-order chi connectivity index (χ1) is 7.09. The third-order valence-corrected chi connectivity index (χ3v) is 3.55. The lowest BCUT2D eigenvalue weighted by Crippen LogP contribution is -2.13. The molecule has 16 heavy (non-hydrogen) atoms. The van der Waals surface area contributed by atoms with E-state index in [4.69, 9.17) is 28.9 Å². The first-order valence-corrected chi connectivity index (χ1v) is 5.74. The minimum Gasteiger partial charge on any atom is -0.324 e. The molecule has 90 valence electrons. The van der Waals surface area contributed by atoms with E-state index in [1.165, 1.54) is 25.0 Å². The topological polar surface area (TPSA) is 26.0 Å². The van der Waals surface area contributed by atoms with Crippen LogP contribution in [0.5, 0.6) is 0 Å². The van der Waals surface area contributed by atoms with Gasteiger partial charge in [-0.15, -0.1) is 12.4 Å². The van der Waals surface area contributed by atoms with Crippen molar-refractivity contribution in [1.29, 1.82) is 0 Å². The summed E-state index contributed by atoms with van der Waals surface area (Å²) in [6.45, 7) is 0. The molecule has 1 aliphatic carbocycles. The predicted molar refractivity (Wildman–Crippen MR) is 67.9 cm³/mol. The van der Waals surface area contributed by atoms with Crippen LogP contribution in [0, 0.1) is 11.7 Å². The second-order valence-electron chi connectivity index (χ2n) is 4.04. The highest BCUT2D eigenvalue weighted by Gasteiger charge is 2.27. The molecule has 0 bridgehead atoms. The van der Waals surface area contributed by atoms with E-state index < -0.39 is 0 Å². The first-order valence-electron chi connectivity index (χ1n) is 4.98. The van der Waals surface area contributed by atoms with Gasteiger partial charge in [-0.3, -0.25) is 0 Å². The van der Waals surface area contributed by atoms with Crippen molar-refractivity contribution in [3.8, 4) is 0 Å². The Morgan fingerprint density at radius 1 is 1.38 bits per heavy atom. The molecule has 2 rings (SSSR count). The monoisotopic (exact) mass is 283 g/mol. The van der Waals surface area contributed by atoms with E-state index >= 15 is 0 Å². The highest BCUT2D eigenvalue weighted by Crippen LogP contribution is 2.40. The van der Waals surface area contributed by atoms with Gasteiger partial charge in [0, 0.05) is 11.6 Å². The van der Waals surface area contributed by atoms with Gasteiger partial charge in [0.25, 0.3) is 0 Å². The zero-order chi connectivity index (χ0) is 11.0. The molecule has 5 heteroatoms. The van der Waals surface area contributed by atoms with Crippen molar-refractivity contribution in [2.24, 2.45) is 11.7 Å². The average molecular weight is 285 g/mol. The molecule has 1 aromatic carbocycles. The van der Waals surface area contributed by atoms with Gasteiger partial charge in [-0.25, -0.2) is 4.39 Å². The number of hydrogen-bond acceptors (Lipinski definition) is 1. The molecule has 0 heterocycles. The Hall–Kier alpha value is -0.0200. The van der Waals surface area contributed by atoms with E-state index in [-0.39, 0.29) is 29.3 Å². The van der Waals surface area contributed by atoms with Gasteiger partial charge in [0.2, 0.25) is 0 Å². The fourth-order valence-corrected chi connectivity index (χ4v) is 2.17. The summed E-state index contributed by atoms with van der Waals surface area (Å²) >= 11 is 11.8. The molecule has 1 aliphatic rings. The zero-order valence-electron chi connectivity index (χ0n) is 8.55. The van der Waals surface area contributed by atoms with Crippen LogP contribution in [0.2, 0.25) is 10.0 Å². The van der Waals surface area contributed by atoms with E-state index in [1.54, 1.807) is 0 Å². The molecular weight excluding hydrogens is 271 g/mol. The van der Waals surface area contributed by atoms with Crippen molar-refractivity contribution >= 4 is 35.6 Å². The summed E-state index contributed by atoms with van der Waals surface area (Å²) in [5.74, 6) is 0.270. The summed E-state index contributed by atoms with van der Waals surface area (Å²) < 4.78 is 13.5. The average Bonchev–Trinajstić information content (AvgIpc) is 2.96. The Kier molecular flexibility index (Phi) is 4.87. The van der Waals surface area contributed by atoms with Gasteiger partial charge in [0.05, 0.1) is 10.0 Å². The van der Waals surface area contributed by atoms with Crippen molar-refractivity contribution in [2.45, 2.75) is 25.3 Å². The first kappa shape index (κ1) is 14.0. The van der Waals surface area contributed by atoms with Crippen molar-refractivity contribution in [3.05, 3.63) is 33.6 Å². The van der Waals surface area contributed by atoms with Crippen molar-refractivity contribution < 1.29 is 4.39 Å². The fraction of sp³-hybridized carbons (Fsp3) is 0.455. The van der Waals surface area contributed by atoms with Crippen LogP contribution in [0.4, 0.5) is 4.39 Å². The molecule has 2 N–H and O–H groups in total. The fourth-order valence-electron chi connectivity index (χ4n) is 1.71. The third kappa shape index (κ3) is 3.01. The van der Waals surface area contributed by atoms with Gasteiger partial charge in [-0.1, -0.05) is 36.0 Å². The Balaban J connectivity index is 0.00000128.